The van der Waals surface area contributed by atoms with Gasteiger partial charge in [-0.2, -0.15) is 0 Å². The molecule has 1 aromatic heterocycles. The highest BCUT2D eigenvalue weighted by molar-refractivity contribution is 5.85. The van der Waals surface area contributed by atoms with E-state index in [9.17, 15) is 0 Å². The fourth-order valence-electron chi connectivity index (χ4n) is 3.28. The van der Waals surface area contributed by atoms with Gasteiger partial charge in [-0.15, -0.1) is 0 Å². The van der Waals surface area contributed by atoms with Crippen LogP contribution in [0, 0.1) is 5.82 Å². The van der Waals surface area contributed by atoms with E-state index in [0.717, 1.165) is 28.6 Å². The molecule has 0 N–H and O–H groups in total. The molecule has 25 heavy (non-hydrogen) atoms. The Morgan fingerprint density at radius 1 is 0.840 bits per heavy atom. The number of benzene rings is 1. The van der Waals surface area contributed by atoms with Crippen molar-refractivity contribution in [2.75, 3.05) is 0 Å². The number of halogens is 1. The molecule has 0 aliphatic carbocycles. The summed E-state index contributed by atoms with van der Waals surface area (Å²) in [5, 5.41) is 0.850. The molecule has 0 unspecified atom stereocenters. The third-order valence-corrected chi connectivity index (χ3v) is 4.52. The van der Waals surface area contributed by atoms with Gasteiger partial charge in [0.25, 0.3) is 0 Å². The van der Waals surface area contributed by atoms with E-state index in [1.54, 1.807) is 0 Å². The maximum Gasteiger partial charge on any atom is 0.153 e. The van der Waals surface area contributed by atoms with Crippen molar-refractivity contribution in [1.29, 1.82) is 0 Å². The van der Waals surface area contributed by atoms with Crippen molar-refractivity contribution < 1.29 is 4.39 Å². The first-order valence-electron chi connectivity index (χ1n) is 9.22. The summed E-state index contributed by atoms with van der Waals surface area (Å²) in [5.74, 6) is 0.521. The Morgan fingerprint density at radius 2 is 1.40 bits per heavy atom. The second kappa shape index (κ2) is 6.03. The van der Waals surface area contributed by atoms with Gasteiger partial charge in [-0.25, -0.2) is 14.4 Å². The van der Waals surface area contributed by atoms with Crippen LogP contribution >= 0.6 is 0 Å². The maximum atomic E-state index is 15.7. The van der Waals surface area contributed by atoms with Crippen molar-refractivity contribution in [3.8, 4) is 0 Å². The molecule has 0 saturated carbocycles. The number of fused-ring (bicyclic) bond motifs is 1. The molecule has 1 heterocycles. The normalized spacial score (nSPS) is 13.6. The molecule has 2 aromatic rings. The second-order valence-electron chi connectivity index (χ2n) is 10.1. The van der Waals surface area contributed by atoms with Crippen molar-refractivity contribution in [3.05, 3.63) is 34.5 Å². The standard InChI is InChI=1S/C22H33FN2/c1-11-13-12-14-17(16(23)15(13)20(2,3)4)24-19(22(8,9)10)25-18(14)21(5,6)7/h12H,11H2,1-10H3. The Kier molecular flexibility index (Phi) is 4.78. The van der Waals surface area contributed by atoms with Crippen molar-refractivity contribution >= 4 is 10.9 Å². The van der Waals surface area contributed by atoms with Crippen LogP contribution in [0.4, 0.5) is 4.39 Å². The molecule has 2 rings (SSSR count). The topological polar surface area (TPSA) is 25.8 Å². The maximum absolute atomic E-state index is 15.7. The predicted molar refractivity (Wildman–Crippen MR) is 105 cm³/mol. The minimum Gasteiger partial charge on any atom is -0.236 e. The molecule has 0 fully saturated rings. The molecule has 1 aromatic carbocycles. The molecule has 2 nitrogen and oxygen atoms in total. The molecule has 0 aliphatic rings. The number of aromatic nitrogens is 2. The summed E-state index contributed by atoms with van der Waals surface area (Å²) in [6.45, 7) is 20.9. The van der Waals surface area contributed by atoms with Crippen molar-refractivity contribution in [2.24, 2.45) is 0 Å². The lowest BCUT2D eigenvalue weighted by atomic mass is 9.80. The molecular weight excluding hydrogens is 311 g/mol. The van der Waals surface area contributed by atoms with Crippen LogP contribution in [0.15, 0.2) is 6.07 Å². The highest BCUT2D eigenvalue weighted by Crippen LogP contribution is 2.37. The van der Waals surface area contributed by atoms with Gasteiger partial charge in [-0.1, -0.05) is 69.2 Å². The van der Waals surface area contributed by atoms with E-state index in [-0.39, 0.29) is 22.1 Å². The summed E-state index contributed by atoms with van der Waals surface area (Å²) >= 11 is 0. The third-order valence-electron chi connectivity index (χ3n) is 4.52. The first-order chi connectivity index (χ1) is 11.2. The van der Waals surface area contributed by atoms with Crippen LogP contribution in [0.25, 0.3) is 10.9 Å². The summed E-state index contributed by atoms with van der Waals surface area (Å²) in [6.07, 6.45) is 0.796. The molecule has 0 amide bonds. The molecule has 0 aliphatic heterocycles. The van der Waals surface area contributed by atoms with Crippen molar-refractivity contribution in [3.63, 3.8) is 0 Å². The highest BCUT2D eigenvalue weighted by Gasteiger charge is 2.30. The van der Waals surface area contributed by atoms with E-state index in [2.05, 4.69) is 80.3 Å². The quantitative estimate of drug-likeness (QED) is 0.613. The first kappa shape index (κ1) is 19.8. The lowest BCUT2D eigenvalue weighted by Gasteiger charge is -2.28. The molecule has 3 heteroatoms. The van der Waals surface area contributed by atoms with Crippen molar-refractivity contribution in [2.45, 2.75) is 91.9 Å². The Labute approximate surface area is 152 Å². The highest BCUT2D eigenvalue weighted by atomic mass is 19.1. The van der Waals surface area contributed by atoms with Crippen LogP contribution in [0.5, 0.6) is 0 Å². The number of aryl methyl sites for hydroxylation is 1. The van der Waals surface area contributed by atoms with Crippen molar-refractivity contribution in [1.82, 2.24) is 9.97 Å². The van der Waals surface area contributed by atoms with E-state index in [4.69, 9.17) is 4.98 Å². The Morgan fingerprint density at radius 3 is 1.80 bits per heavy atom. The summed E-state index contributed by atoms with van der Waals surface area (Å²) in [7, 11) is 0. The van der Waals surface area contributed by atoms with E-state index in [0.29, 0.717) is 11.3 Å². The molecule has 0 atom stereocenters. The Bertz CT molecular complexity index is 800. The fraction of sp³-hybridized carbons (Fsp3) is 0.636. The van der Waals surface area contributed by atoms with E-state index in [1.807, 2.05) is 0 Å². The first-order valence-corrected chi connectivity index (χ1v) is 9.22. The lowest BCUT2D eigenvalue weighted by Crippen LogP contribution is -2.24. The monoisotopic (exact) mass is 344 g/mol. The zero-order chi connectivity index (χ0) is 19.4. The average molecular weight is 345 g/mol. The summed E-state index contributed by atoms with van der Waals surface area (Å²) in [4.78, 5) is 9.56. The van der Waals surface area contributed by atoms with Gasteiger partial charge in [0.1, 0.15) is 11.3 Å². The molecule has 138 valence electrons. The molecule has 0 bridgehead atoms. The Balaban J connectivity index is 3.06. The SMILES string of the molecule is CCc1cc2c(C(C)(C)C)nc(C(C)(C)C)nc2c(F)c1C(C)(C)C. The average Bonchev–Trinajstić information content (AvgIpc) is 2.42. The van der Waals surface area contributed by atoms with Gasteiger partial charge >= 0.3 is 0 Å². The van der Waals surface area contributed by atoms with Gasteiger partial charge in [0.2, 0.25) is 0 Å². The second-order valence-corrected chi connectivity index (χ2v) is 10.1. The number of rotatable bonds is 1. The smallest absolute Gasteiger partial charge is 0.153 e. The van der Waals surface area contributed by atoms with Crippen LogP contribution in [-0.2, 0) is 22.7 Å². The van der Waals surface area contributed by atoms with E-state index >= 15 is 4.39 Å². The molecule has 0 spiro atoms. The van der Waals surface area contributed by atoms with E-state index < -0.39 is 0 Å². The van der Waals surface area contributed by atoms with E-state index in [1.165, 1.54) is 0 Å². The summed E-state index contributed by atoms with van der Waals surface area (Å²) in [6, 6.07) is 2.12. The minimum atomic E-state index is -0.266. The number of hydrogen-bond acceptors (Lipinski definition) is 2. The summed E-state index contributed by atoms with van der Waals surface area (Å²) < 4.78 is 15.7. The van der Waals surface area contributed by atoms with Crippen LogP contribution in [0.2, 0.25) is 0 Å². The predicted octanol–water partition coefficient (Wildman–Crippen LogP) is 6.22. The molecular formula is C22H33FN2. The molecule has 0 saturated heterocycles. The third kappa shape index (κ3) is 3.70. The zero-order valence-electron chi connectivity index (χ0n) is 17.6. The van der Waals surface area contributed by atoms with Gasteiger partial charge in [0.05, 0.1) is 5.69 Å². The largest absolute Gasteiger partial charge is 0.236 e. The van der Waals surface area contributed by atoms with Crippen LogP contribution < -0.4 is 0 Å². The summed E-state index contributed by atoms with van der Waals surface area (Å²) in [5.41, 5.74) is 2.55. The minimum absolute atomic E-state index is 0.179. The van der Waals surface area contributed by atoms with Gasteiger partial charge < -0.3 is 0 Å². The lowest BCUT2D eigenvalue weighted by molar-refractivity contribution is 0.508. The Hall–Kier alpha value is -1.51. The van der Waals surface area contributed by atoms with Crippen LogP contribution in [0.1, 0.15) is 91.9 Å². The zero-order valence-corrected chi connectivity index (χ0v) is 17.6. The van der Waals surface area contributed by atoms with Gasteiger partial charge in [0.15, 0.2) is 5.82 Å². The number of nitrogens with zero attached hydrogens (tertiary/aromatic N) is 2. The molecule has 0 radical (unpaired) electrons. The number of hydrogen-bond donors (Lipinski definition) is 0. The van der Waals surface area contributed by atoms with Crippen LogP contribution in [-0.4, -0.2) is 9.97 Å². The van der Waals surface area contributed by atoms with Crippen LogP contribution in [0.3, 0.4) is 0 Å². The fourth-order valence-corrected chi connectivity index (χ4v) is 3.28. The van der Waals surface area contributed by atoms with Gasteiger partial charge in [0, 0.05) is 16.2 Å². The van der Waals surface area contributed by atoms with Gasteiger partial charge in [-0.05, 0) is 29.0 Å². The van der Waals surface area contributed by atoms with Gasteiger partial charge in [-0.3, -0.25) is 0 Å².